The number of hydrogen-bond donors (Lipinski definition) is 3. The van der Waals surface area contributed by atoms with E-state index in [0.29, 0.717) is 29.8 Å². The maximum Gasteiger partial charge on any atom is 0.319 e. The van der Waals surface area contributed by atoms with Crippen LogP contribution < -0.4 is 15.4 Å². The summed E-state index contributed by atoms with van der Waals surface area (Å²) in [4.78, 5) is 38.2. The van der Waals surface area contributed by atoms with Gasteiger partial charge in [-0.25, -0.2) is 4.79 Å². The maximum absolute atomic E-state index is 13.2. The van der Waals surface area contributed by atoms with Gasteiger partial charge in [-0.1, -0.05) is 12.8 Å². The van der Waals surface area contributed by atoms with Crippen LogP contribution in [0.25, 0.3) is 0 Å². The number of amides is 3. The van der Waals surface area contributed by atoms with Crippen LogP contribution in [0.5, 0.6) is 5.75 Å². The van der Waals surface area contributed by atoms with Crippen molar-refractivity contribution in [1.29, 1.82) is 0 Å². The van der Waals surface area contributed by atoms with Gasteiger partial charge < -0.3 is 30.1 Å². The van der Waals surface area contributed by atoms with Gasteiger partial charge in [0.2, 0.25) is 0 Å². The second-order valence-electron chi connectivity index (χ2n) is 8.56. The topological polar surface area (TPSA) is 117 Å². The Morgan fingerprint density at radius 2 is 1.97 bits per heavy atom. The molecule has 9 nitrogen and oxygen atoms in total. The molecule has 3 N–H and O–H groups in total. The lowest BCUT2D eigenvalue weighted by Crippen LogP contribution is -2.53. The Labute approximate surface area is 181 Å². The Balaban J connectivity index is 1.47. The van der Waals surface area contributed by atoms with Gasteiger partial charge in [0.05, 0.1) is 24.1 Å². The van der Waals surface area contributed by atoms with E-state index in [-0.39, 0.29) is 43.2 Å². The Bertz CT molecular complexity index is 854. The first kappa shape index (κ1) is 21.4. The zero-order valence-corrected chi connectivity index (χ0v) is 17.6. The van der Waals surface area contributed by atoms with Gasteiger partial charge in [0.25, 0.3) is 5.91 Å². The smallest absolute Gasteiger partial charge is 0.319 e. The number of nitrogens with one attached hydrogen (secondary N) is 2. The van der Waals surface area contributed by atoms with E-state index in [0.717, 1.165) is 25.7 Å². The fourth-order valence-corrected chi connectivity index (χ4v) is 4.72. The Kier molecular flexibility index (Phi) is 6.31. The Hall–Kier alpha value is -2.81. The number of carbonyl (C=O) groups is 3. The molecule has 0 aromatic heterocycles. The molecular formula is C22H29N3O6. The molecule has 1 aromatic carbocycles. The quantitative estimate of drug-likeness (QED) is 0.675. The largest absolute Gasteiger partial charge is 0.490 e. The number of fused-ring (bicyclic) bond motifs is 2. The van der Waals surface area contributed by atoms with Gasteiger partial charge in [-0.15, -0.1) is 0 Å². The average molecular weight is 431 g/mol. The van der Waals surface area contributed by atoms with Crippen LogP contribution in [-0.2, 0) is 9.53 Å². The third kappa shape index (κ3) is 4.92. The highest BCUT2D eigenvalue weighted by molar-refractivity contribution is 5.99. The molecule has 0 radical (unpaired) electrons. The maximum atomic E-state index is 13.2. The SMILES string of the molecule is CN1C(=O)c2cc(NC(=O)NC3CCCC3)ccc2OC[C@H]2O[C@@H](CC(=O)O)CC[C@H]21. The molecule has 0 unspecified atom stereocenters. The predicted molar refractivity (Wildman–Crippen MR) is 112 cm³/mol. The zero-order valence-electron chi connectivity index (χ0n) is 17.6. The van der Waals surface area contributed by atoms with Crippen molar-refractivity contribution in [3.05, 3.63) is 23.8 Å². The summed E-state index contributed by atoms with van der Waals surface area (Å²) >= 11 is 0. The molecule has 1 saturated heterocycles. The highest BCUT2D eigenvalue weighted by atomic mass is 16.5. The number of carbonyl (C=O) groups excluding carboxylic acids is 2. The molecule has 1 saturated carbocycles. The van der Waals surface area contributed by atoms with Gasteiger partial charge in [0, 0.05) is 18.8 Å². The van der Waals surface area contributed by atoms with Crippen molar-refractivity contribution in [2.45, 2.75) is 69.2 Å². The van der Waals surface area contributed by atoms with Gasteiger partial charge in [-0.05, 0) is 43.9 Å². The highest BCUT2D eigenvalue weighted by Gasteiger charge is 2.39. The number of rotatable bonds is 4. The monoisotopic (exact) mass is 431 g/mol. The lowest BCUT2D eigenvalue weighted by Gasteiger charge is -2.42. The van der Waals surface area contributed by atoms with Crippen LogP contribution in [-0.4, -0.2) is 65.9 Å². The number of benzene rings is 1. The molecule has 0 bridgehead atoms. The van der Waals surface area contributed by atoms with Crippen molar-refractivity contribution in [2.24, 2.45) is 0 Å². The van der Waals surface area contributed by atoms with Crippen molar-refractivity contribution in [2.75, 3.05) is 19.0 Å². The molecule has 1 aromatic rings. The second-order valence-corrected chi connectivity index (χ2v) is 8.56. The molecular weight excluding hydrogens is 402 g/mol. The van der Waals surface area contributed by atoms with Crippen LogP contribution in [0.4, 0.5) is 10.5 Å². The van der Waals surface area contributed by atoms with Crippen LogP contribution in [0.3, 0.4) is 0 Å². The lowest BCUT2D eigenvalue weighted by atomic mass is 9.94. The molecule has 3 aliphatic rings. The zero-order chi connectivity index (χ0) is 22.0. The number of ether oxygens (including phenoxy) is 2. The number of aliphatic carboxylic acids is 1. The first-order chi connectivity index (χ1) is 14.9. The molecule has 1 aliphatic carbocycles. The number of hydrogen-bond acceptors (Lipinski definition) is 5. The molecule has 31 heavy (non-hydrogen) atoms. The predicted octanol–water partition coefficient (Wildman–Crippen LogP) is 2.61. The van der Waals surface area contributed by atoms with E-state index in [1.165, 1.54) is 0 Å². The summed E-state index contributed by atoms with van der Waals surface area (Å²) in [7, 11) is 1.73. The van der Waals surface area contributed by atoms with Crippen LogP contribution in [0.15, 0.2) is 18.2 Å². The van der Waals surface area contributed by atoms with Gasteiger partial charge >= 0.3 is 12.0 Å². The Morgan fingerprint density at radius 1 is 1.19 bits per heavy atom. The second kappa shape index (κ2) is 9.13. The van der Waals surface area contributed by atoms with Crippen molar-refractivity contribution in [3.63, 3.8) is 0 Å². The summed E-state index contributed by atoms with van der Waals surface area (Å²) in [6.45, 7) is 0.223. The van der Waals surface area contributed by atoms with Gasteiger partial charge in [0.1, 0.15) is 18.5 Å². The lowest BCUT2D eigenvalue weighted by molar-refractivity contribution is -0.148. The fourth-order valence-electron chi connectivity index (χ4n) is 4.72. The number of likely N-dealkylation sites (N-methyl/N-ethyl adjacent to an activating group) is 1. The minimum atomic E-state index is -0.901. The molecule has 168 valence electrons. The number of anilines is 1. The van der Waals surface area contributed by atoms with Crippen LogP contribution >= 0.6 is 0 Å². The average Bonchev–Trinajstić information content (AvgIpc) is 3.23. The normalized spacial score (nSPS) is 26.2. The molecule has 3 amide bonds. The molecule has 2 heterocycles. The molecule has 3 atom stereocenters. The molecule has 2 aliphatic heterocycles. The summed E-state index contributed by atoms with van der Waals surface area (Å²) < 4.78 is 11.8. The molecule has 2 fully saturated rings. The third-order valence-corrected chi connectivity index (χ3v) is 6.36. The number of carboxylic acid groups (broad SMARTS) is 1. The highest BCUT2D eigenvalue weighted by Crippen LogP contribution is 2.32. The first-order valence-electron chi connectivity index (χ1n) is 10.9. The van der Waals surface area contributed by atoms with Crippen LogP contribution in [0, 0.1) is 0 Å². The van der Waals surface area contributed by atoms with E-state index in [1.54, 1.807) is 30.1 Å². The third-order valence-electron chi connectivity index (χ3n) is 6.36. The summed E-state index contributed by atoms with van der Waals surface area (Å²) in [6.07, 6.45) is 4.63. The van der Waals surface area contributed by atoms with Crippen molar-refractivity contribution < 1.29 is 29.0 Å². The van der Waals surface area contributed by atoms with E-state index in [2.05, 4.69) is 10.6 Å². The van der Waals surface area contributed by atoms with Gasteiger partial charge in [-0.2, -0.15) is 0 Å². The van der Waals surface area contributed by atoms with Gasteiger partial charge in [0.15, 0.2) is 0 Å². The molecule has 4 rings (SSSR count). The van der Waals surface area contributed by atoms with E-state index >= 15 is 0 Å². The van der Waals surface area contributed by atoms with Crippen LogP contribution in [0.1, 0.15) is 55.3 Å². The van der Waals surface area contributed by atoms with Gasteiger partial charge in [-0.3, -0.25) is 9.59 Å². The van der Waals surface area contributed by atoms with Crippen molar-refractivity contribution in [3.8, 4) is 5.75 Å². The fraction of sp³-hybridized carbons (Fsp3) is 0.591. The van der Waals surface area contributed by atoms with Crippen molar-refractivity contribution >= 4 is 23.6 Å². The van der Waals surface area contributed by atoms with E-state index in [1.807, 2.05) is 0 Å². The number of nitrogens with zero attached hydrogens (tertiary/aromatic N) is 1. The molecule has 0 spiro atoms. The number of carboxylic acids is 1. The van der Waals surface area contributed by atoms with Crippen molar-refractivity contribution in [1.82, 2.24) is 10.2 Å². The minimum absolute atomic E-state index is 0.0601. The Morgan fingerprint density at radius 3 is 2.71 bits per heavy atom. The van der Waals surface area contributed by atoms with E-state index < -0.39 is 12.1 Å². The summed E-state index contributed by atoms with van der Waals surface area (Å²) in [6, 6.07) is 4.74. The minimum Gasteiger partial charge on any atom is -0.490 e. The first-order valence-corrected chi connectivity index (χ1v) is 10.9. The number of urea groups is 1. The van der Waals surface area contributed by atoms with E-state index in [4.69, 9.17) is 14.6 Å². The van der Waals surface area contributed by atoms with E-state index in [9.17, 15) is 14.4 Å². The summed E-state index contributed by atoms with van der Waals surface area (Å²) in [5.74, 6) is -0.701. The molecule has 9 heteroatoms. The summed E-state index contributed by atoms with van der Waals surface area (Å²) in [5, 5.41) is 14.8. The standard InChI is InChI=1S/C22H29N3O6/c1-25-17-8-7-15(11-20(26)27)31-19(17)12-30-18-9-6-14(10-16(18)21(25)28)24-22(29)23-13-4-2-3-5-13/h6,9-10,13,15,17,19H,2-5,7-8,11-12H2,1H3,(H,26,27)(H2,23,24,29)/t15-,17-,19-/m1/s1. The summed E-state index contributed by atoms with van der Waals surface area (Å²) in [5.41, 5.74) is 0.908. The van der Waals surface area contributed by atoms with Crippen LogP contribution in [0.2, 0.25) is 0 Å².